The average molecular weight is 263 g/mol. The van der Waals surface area contributed by atoms with Crippen LogP contribution in [0, 0.1) is 6.92 Å². The first-order valence-electron chi connectivity index (χ1n) is 5.30. The van der Waals surface area contributed by atoms with Gasteiger partial charge in [-0.05, 0) is 37.3 Å². The van der Waals surface area contributed by atoms with Gasteiger partial charge in [-0.3, -0.25) is 0 Å². The minimum atomic E-state index is -0.977. The van der Waals surface area contributed by atoms with Crippen LogP contribution in [0.5, 0.6) is 0 Å². The first kappa shape index (κ1) is 12.4. The summed E-state index contributed by atoms with van der Waals surface area (Å²) in [4.78, 5) is 15.0. The number of aromatic carboxylic acids is 1. The summed E-state index contributed by atoms with van der Waals surface area (Å²) in [6.07, 6.45) is 0. The molecule has 2 aromatic rings. The number of hydrogen-bond acceptors (Lipinski definition) is 3. The largest absolute Gasteiger partial charge is 0.478 e. The lowest BCUT2D eigenvalue weighted by molar-refractivity contribution is 0.0695. The predicted octanol–water partition coefficient (Wildman–Crippen LogP) is 3.49. The Morgan fingerprint density at radius 3 is 2.72 bits per heavy atom. The van der Waals surface area contributed by atoms with Crippen LogP contribution in [0.2, 0.25) is 5.02 Å². The van der Waals surface area contributed by atoms with Gasteiger partial charge in [-0.25, -0.2) is 9.78 Å². The van der Waals surface area contributed by atoms with Crippen molar-refractivity contribution in [2.45, 2.75) is 6.92 Å². The molecule has 0 spiro atoms. The van der Waals surface area contributed by atoms with Crippen LogP contribution < -0.4 is 5.32 Å². The average Bonchev–Trinajstić information content (AvgIpc) is 2.28. The van der Waals surface area contributed by atoms with Crippen molar-refractivity contribution in [2.24, 2.45) is 0 Å². The summed E-state index contributed by atoms with van der Waals surface area (Å²) in [5, 5.41) is 12.6. The fourth-order valence-corrected chi connectivity index (χ4v) is 1.76. The van der Waals surface area contributed by atoms with Crippen molar-refractivity contribution in [1.29, 1.82) is 0 Å². The van der Waals surface area contributed by atoms with Crippen molar-refractivity contribution in [3.63, 3.8) is 0 Å². The van der Waals surface area contributed by atoms with Crippen molar-refractivity contribution in [3.05, 3.63) is 52.7 Å². The molecule has 5 heteroatoms. The number of carboxylic acids is 1. The van der Waals surface area contributed by atoms with Crippen LogP contribution in [0.15, 0.2) is 36.4 Å². The van der Waals surface area contributed by atoms with E-state index in [-0.39, 0.29) is 5.56 Å². The highest BCUT2D eigenvalue weighted by Gasteiger charge is 2.08. The molecule has 0 radical (unpaired) electrons. The highest BCUT2D eigenvalue weighted by atomic mass is 35.5. The fourth-order valence-electron chi connectivity index (χ4n) is 1.57. The quantitative estimate of drug-likeness (QED) is 0.889. The molecule has 0 bridgehead atoms. The van der Waals surface area contributed by atoms with E-state index in [1.807, 2.05) is 12.1 Å². The Balaban J connectivity index is 2.25. The Morgan fingerprint density at radius 1 is 1.33 bits per heavy atom. The van der Waals surface area contributed by atoms with Gasteiger partial charge >= 0.3 is 5.97 Å². The van der Waals surface area contributed by atoms with Gasteiger partial charge in [-0.1, -0.05) is 17.7 Å². The number of carbonyl (C=O) groups is 1. The molecule has 0 amide bonds. The van der Waals surface area contributed by atoms with Crippen molar-refractivity contribution in [2.75, 3.05) is 5.32 Å². The summed E-state index contributed by atoms with van der Waals surface area (Å²) in [5.41, 5.74) is 1.47. The van der Waals surface area contributed by atoms with Crippen molar-refractivity contribution in [1.82, 2.24) is 4.98 Å². The normalized spacial score (nSPS) is 10.1. The van der Waals surface area contributed by atoms with Crippen molar-refractivity contribution >= 4 is 29.1 Å². The number of anilines is 2. The number of pyridine rings is 1. The molecule has 0 atom stereocenters. The number of nitrogens with zero attached hydrogens (tertiary/aromatic N) is 1. The lowest BCUT2D eigenvalue weighted by atomic mass is 10.2. The van der Waals surface area contributed by atoms with Crippen LogP contribution in [0.25, 0.3) is 0 Å². The number of carboxylic acid groups (broad SMARTS) is 1. The Bertz CT molecular complexity index is 599. The van der Waals surface area contributed by atoms with Gasteiger partial charge < -0.3 is 10.4 Å². The maximum atomic E-state index is 10.9. The fraction of sp³-hybridized carbons (Fsp3) is 0.0769. The first-order chi connectivity index (χ1) is 8.56. The topological polar surface area (TPSA) is 62.2 Å². The molecule has 0 saturated carbocycles. The predicted molar refractivity (Wildman–Crippen MR) is 70.7 cm³/mol. The third-order valence-electron chi connectivity index (χ3n) is 2.41. The third kappa shape index (κ3) is 2.78. The lowest BCUT2D eigenvalue weighted by Gasteiger charge is -2.07. The van der Waals surface area contributed by atoms with Crippen LogP contribution >= 0.6 is 11.6 Å². The molecule has 0 fully saturated rings. The molecule has 2 rings (SSSR count). The first-order valence-corrected chi connectivity index (χ1v) is 5.67. The molecule has 18 heavy (non-hydrogen) atoms. The molecule has 0 aliphatic heterocycles. The molecule has 1 aromatic carbocycles. The molecular formula is C13H11ClN2O2. The highest BCUT2D eigenvalue weighted by molar-refractivity contribution is 6.30. The highest BCUT2D eigenvalue weighted by Crippen LogP contribution is 2.19. The van der Waals surface area contributed by atoms with Gasteiger partial charge in [0.05, 0.1) is 11.3 Å². The van der Waals surface area contributed by atoms with E-state index in [4.69, 9.17) is 16.7 Å². The number of benzene rings is 1. The van der Waals surface area contributed by atoms with Gasteiger partial charge in [0, 0.05) is 10.7 Å². The second kappa shape index (κ2) is 5.06. The summed E-state index contributed by atoms with van der Waals surface area (Å²) in [7, 11) is 0. The Kier molecular flexibility index (Phi) is 3.48. The minimum Gasteiger partial charge on any atom is -0.478 e. The SMILES string of the molecule is Cc1nc(Nc2cccc(Cl)c2)ccc1C(=O)O. The Morgan fingerprint density at radius 2 is 2.11 bits per heavy atom. The standard InChI is InChI=1S/C13H11ClN2O2/c1-8-11(13(17)18)5-6-12(15-8)16-10-4-2-3-9(14)7-10/h2-7H,1H3,(H,15,16)(H,17,18). The van der Waals surface area contributed by atoms with E-state index in [1.54, 1.807) is 25.1 Å². The number of hydrogen-bond donors (Lipinski definition) is 2. The van der Waals surface area contributed by atoms with E-state index < -0.39 is 5.97 Å². The summed E-state index contributed by atoms with van der Waals surface area (Å²) in [6.45, 7) is 1.66. The van der Waals surface area contributed by atoms with Gasteiger partial charge in [-0.2, -0.15) is 0 Å². The summed E-state index contributed by atoms with van der Waals surface area (Å²) in [5.74, 6) is -0.394. The molecule has 0 aliphatic rings. The van der Waals surface area contributed by atoms with E-state index in [2.05, 4.69) is 10.3 Å². The Hall–Kier alpha value is -2.07. The monoisotopic (exact) mass is 262 g/mol. The molecule has 2 N–H and O–H groups in total. The molecule has 92 valence electrons. The summed E-state index contributed by atoms with van der Waals surface area (Å²) >= 11 is 5.87. The van der Waals surface area contributed by atoms with Crippen LogP contribution in [0.4, 0.5) is 11.5 Å². The van der Waals surface area contributed by atoms with E-state index in [0.29, 0.717) is 16.5 Å². The van der Waals surface area contributed by atoms with E-state index in [0.717, 1.165) is 5.69 Å². The second-order valence-electron chi connectivity index (χ2n) is 3.77. The van der Waals surface area contributed by atoms with Gasteiger partial charge in [0.25, 0.3) is 0 Å². The van der Waals surface area contributed by atoms with Crippen molar-refractivity contribution in [3.8, 4) is 0 Å². The second-order valence-corrected chi connectivity index (χ2v) is 4.21. The molecule has 1 heterocycles. The zero-order valence-electron chi connectivity index (χ0n) is 9.64. The minimum absolute atomic E-state index is 0.201. The maximum Gasteiger partial charge on any atom is 0.337 e. The van der Waals surface area contributed by atoms with Gasteiger partial charge in [0.2, 0.25) is 0 Å². The van der Waals surface area contributed by atoms with Crippen LogP contribution in [0.3, 0.4) is 0 Å². The Labute approximate surface area is 109 Å². The number of aromatic nitrogens is 1. The molecule has 0 aliphatic carbocycles. The maximum absolute atomic E-state index is 10.9. The molecule has 0 saturated heterocycles. The molecular weight excluding hydrogens is 252 g/mol. The zero-order valence-corrected chi connectivity index (χ0v) is 10.4. The molecule has 0 unspecified atom stereocenters. The summed E-state index contributed by atoms with van der Waals surface area (Å²) < 4.78 is 0. The van der Waals surface area contributed by atoms with Gasteiger partial charge in [0.15, 0.2) is 0 Å². The summed E-state index contributed by atoms with van der Waals surface area (Å²) in [6, 6.07) is 10.4. The van der Waals surface area contributed by atoms with E-state index in [1.165, 1.54) is 6.07 Å². The number of nitrogens with one attached hydrogen (secondary N) is 1. The van der Waals surface area contributed by atoms with E-state index in [9.17, 15) is 4.79 Å². The van der Waals surface area contributed by atoms with E-state index >= 15 is 0 Å². The molecule has 1 aromatic heterocycles. The van der Waals surface area contributed by atoms with Crippen molar-refractivity contribution < 1.29 is 9.90 Å². The lowest BCUT2D eigenvalue weighted by Crippen LogP contribution is -2.03. The van der Waals surface area contributed by atoms with Gasteiger partial charge in [-0.15, -0.1) is 0 Å². The number of aryl methyl sites for hydroxylation is 1. The van der Waals surface area contributed by atoms with Crippen LogP contribution in [-0.2, 0) is 0 Å². The van der Waals surface area contributed by atoms with Crippen LogP contribution in [-0.4, -0.2) is 16.1 Å². The molecule has 4 nitrogen and oxygen atoms in total. The van der Waals surface area contributed by atoms with Crippen LogP contribution in [0.1, 0.15) is 16.1 Å². The van der Waals surface area contributed by atoms with Gasteiger partial charge in [0.1, 0.15) is 5.82 Å². The number of rotatable bonds is 3. The zero-order chi connectivity index (χ0) is 13.1. The third-order valence-corrected chi connectivity index (χ3v) is 2.65. The number of halogens is 1. The smallest absolute Gasteiger partial charge is 0.337 e.